The Balaban J connectivity index is 1.91. The summed E-state index contributed by atoms with van der Waals surface area (Å²) in [7, 11) is 2.95. The molecule has 1 atom stereocenters. The Bertz CT molecular complexity index is 1070. The van der Waals surface area contributed by atoms with E-state index in [1.54, 1.807) is 12.1 Å². The minimum absolute atomic E-state index is 0.0814. The van der Waals surface area contributed by atoms with Crippen LogP contribution in [-0.2, 0) is 9.59 Å². The van der Waals surface area contributed by atoms with Crippen LogP contribution >= 0.6 is 0 Å². The third kappa shape index (κ3) is 4.12. The summed E-state index contributed by atoms with van der Waals surface area (Å²) >= 11 is 0. The Hall–Kier alpha value is -4.12. The average Bonchev–Trinajstić information content (AvgIpc) is 3.09. The molecule has 31 heavy (non-hydrogen) atoms. The van der Waals surface area contributed by atoms with E-state index in [-0.39, 0.29) is 18.5 Å². The van der Waals surface area contributed by atoms with Crippen molar-refractivity contribution in [2.24, 2.45) is 0 Å². The minimum Gasteiger partial charge on any atom is -0.493 e. The molecular weight excluding hydrogens is 398 g/mol. The van der Waals surface area contributed by atoms with Crippen molar-refractivity contribution in [2.45, 2.75) is 12.5 Å². The van der Waals surface area contributed by atoms with Crippen LogP contribution in [0.3, 0.4) is 0 Å². The van der Waals surface area contributed by atoms with Crippen molar-refractivity contribution in [3.8, 4) is 17.6 Å². The van der Waals surface area contributed by atoms with Gasteiger partial charge in [-0.2, -0.15) is 5.26 Å². The third-order valence-electron chi connectivity index (χ3n) is 4.97. The first kappa shape index (κ1) is 21.6. The zero-order valence-corrected chi connectivity index (χ0v) is 17.2. The van der Waals surface area contributed by atoms with Crippen LogP contribution in [0.2, 0.25) is 0 Å². The van der Waals surface area contributed by atoms with E-state index in [1.165, 1.54) is 55.5 Å². The average molecular weight is 419 g/mol. The molecule has 0 radical (unpaired) electrons. The number of benzene rings is 2. The second-order valence-electron chi connectivity index (χ2n) is 6.76. The monoisotopic (exact) mass is 419 g/mol. The van der Waals surface area contributed by atoms with Gasteiger partial charge in [-0.3, -0.25) is 14.4 Å². The van der Waals surface area contributed by atoms with E-state index >= 15 is 0 Å². The first-order valence-corrected chi connectivity index (χ1v) is 9.46. The third-order valence-corrected chi connectivity index (χ3v) is 4.97. The fourth-order valence-corrected chi connectivity index (χ4v) is 3.44. The summed E-state index contributed by atoms with van der Waals surface area (Å²) in [4.78, 5) is 41.4. The van der Waals surface area contributed by atoms with E-state index in [9.17, 15) is 14.4 Å². The van der Waals surface area contributed by atoms with Gasteiger partial charge in [0.15, 0.2) is 11.5 Å². The fourth-order valence-electron chi connectivity index (χ4n) is 3.44. The molecule has 1 fully saturated rings. The number of anilines is 1. The second kappa shape index (κ2) is 9.13. The number of imide groups is 1. The summed E-state index contributed by atoms with van der Waals surface area (Å²) in [5.41, 5.74) is 1.06. The number of nitrogens with zero attached hydrogens (tertiary/aromatic N) is 3. The van der Waals surface area contributed by atoms with Crippen LogP contribution in [0.15, 0.2) is 55.1 Å². The Labute approximate surface area is 179 Å². The quantitative estimate of drug-likeness (QED) is 0.505. The molecule has 3 amide bonds. The van der Waals surface area contributed by atoms with Gasteiger partial charge in [0.25, 0.3) is 11.8 Å². The lowest BCUT2D eigenvalue weighted by Gasteiger charge is -2.26. The van der Waals surface area contributed by atoms with E-state index in [2.05, 4.69) is 6.58 Å². The molecule has 0 N–H and O–H groups in total. The molecular formula is C23H21N3O5. The molecule has 0 aliphatic carbocycles. The Morgan fingerprint density at radius 3 is 2.45 bits per heavy atom. The van der Waals surface area contributed by atoms with Crippen LogP contribution in [0.1, 0.15) is 22.3 Å². The molecule has 0 saturated carbocycles. The van der Waals surface area contributed by atoms with Crippen molar-refractivity contribution in [3.05, 3.63) is 66.2 Å². The zero-order valence-electron chi connectivity index (χ0n) is 17.2. The molecule has 1 aliphatic rings. The maximum atomic E-state index is 13.2. The Morgan fingerprint density at radius 1 is 1.19 bits per heavy atom. The molecule has 2 aromatic carbocycles. The van der Waals surface area contributed by atoms with Gasteiger partial charge in [0.2, 0.25) is 5.91 Å². The first-order valence-electron chi connectivity index (χ1n) is 9.46. The van der Waals surface area contributed by atoms with Gasteiger partial charge in [0.05, 0.1) is 38.0 Å². The van der Waals surface area contributed by atoms with E-state index in [0.29, 0.717) is 22.7 Å². The summed E-state index contributed by atoms with van der Waals surface area (Å²) in [6.07, 6.45) is 1.35. The Kier molecular flexibility index (Phi) is 6.36. The van der Waals surface area contributed by atoms with Crippen LogP contribution < -0.4 is 14.4 Å². The number of amides is 3. The van der Waals surface area contributed by atoms with E-state index in [1.807, 2.05) is 6.07 Å². The van der Waals surface area contributed by atoms with Crippen LogP contribution in [0.5, 0.6) is 11.5 Å². The topological polar surface area (TPSA) is 99.9 Å². The SMILES string of the molecule is C=CCN(C(=O)c1ccc(OC)c(OC)c1)C1CC(=O)N(c2ccc(C#N)cc2)C1=O. The molecule has 0 aromatic heterocycles. The van der Waals surface area contributed by atoms with E-state index < -0.39 is 23.8 Å². The van der Waals surface area contributed by atoms with Crippen LogP contribution in [0, 0.1) is 11.3 Å². The normalized spacial score (nSPS) is 15.4. The van der Waals surface area contributed by atoms with E-state index in [0.717, 1.165) is 4.90 Å². The summed E-state index contributed by atoms with van der Waals surface area (Å²) in [5.74, 6) is -0.527. The van der Waals surface area contributed by atoms with Crippen molar-refractivity contribution in [3.63, 3.8) is 0 Å². The van der Waals surface area contributed by atoms with Gasteiger partial charge in [-0.1, -0.05) is 6.08 Å². The molecule has 8 heteroatoms. The molecule has 8 nitrogen and oxygen atoms in total. The number of rotatable bonds is 7. The molecule has 158 valence electrons. The van der Waals surface area contributed by atoms with Gasteiger partial charge >= 0.3 is 0 Å². The number of hydrogen-bond acceptors (Lipinski definition) is 6. The smallest absolute Gasteiger partial charge is 0.257 e. The summed E-state index contributed by atoms with van der Waals surface area (Å²) < 4.78 is 10.5. The van der Waals surface area contributed by atoms with Crippen molar-refractivity contribution in [2.75, 3.05) is 25.7 Å². The number of carbonyl (C=O) groups is 3. The lowest BCUT2D eigenvalue weighted by atomic mass is 10.1. The summed E-state index contributed by atoms with van der Waals surface area (Å²) in [6.45, 7) is 3.75. The van der Waals surface area contributed by atoms with E-state index in [4.69, 9.17) is 14.7 Å². The number of ether oxygens (including phenoxy) is 2. The van der Waals surface area contributed by atoms with Gasteiger partial charge in [-0.05, 0) is 42.5 Å². The maximum Gasteiger partial charge on any atom is 0.257 e. The molecule has 1 unspecified atom stereocenters. The second-order valence-corrected chi connectivity index (χ2v) is 6.76. The summed E-state index contributed by atoms with van der Waals surface area (Å²) in [5, 5.41) is 8.94. The predicted octanol–water partition coefficient (Wildman–Crippen LogP) is 2.54. The van der Waals surface area contributed by atoms with Gasteiger partial charge in [-0.25, -0.2) is 4.90 Å². The molecule has 1 aliphatic heterocycles. The van der Waals surface area contributed by atoms with Crippen LogP contribution in [0.25, 0.3) is 0 Å². The lowest BCUT2D eigenvalue weighted by molar-refractivity contribution is -0.122. The fraction of sp³-hybridized carbons (Fsp3) is 0.217. The highest BCUT2D eigenvalue weighted by Crippen LogP contribution is 2.30. The number of methoxy groups -OCH3 is 2. The number of carbonyl (C=O) groups excluding carboxylic acids is 3. The molecule has 3 rings (SSSR count). The maximum absolute atomic E-state index is 13.2. The molecule has 1 heterocycles. The van der Waals surface area contributed by atoms with Crippen molar-refractivity contribution >= 4 is 23.4 Å². The first-order chi connectivity index (χ1) is 14.9. The van der Waals surface area contributed by atoms with Crippen molar-refractivity contribution in [1.29, 1.82) is 5.26 Å². The number of hydrogen-bond donors (Lipinski definition) is 0. The highest BCUT2D eigenvalue weighted by Gasteiger charge is 2.44. The zero-order chi connectivity index (χ0) is 22.5. The van der Waals surface area contributed by atoms with Gasteiger partial charge in [0.1, 0.15) is 6.04 Å². The summed E-state index contributed by atoms with van der Waals surface area (Å²) in [6, 6.07) is 11.8. The van der Waals surface area contributed by atoms with Crippen LogP contribution in [-0.4, -0.2) is 49.4 Å². The highest BCUT2D eigenvalue weighted by molar-refractivity contribution is 6.23. The molecule has 2 aromatic rings. The van der Waals surface area contributed by atoms with Gasteiger partial charge in [0, 0.05) is 12.1 Å². The largest absolute Gasteiger partial charge is 0.493 e. The minimum atomic E-state index is -0.971. The Morgan fingerprint density at radius 2 is 1.87 bits per heavy atom. The molecule has 0 spiro atoms. The standard InChI is InChI=1S/C23H21N3O5/c1-4-11-25(22(28)16-7-10-19(30-2)20(12-16)31-3)18-13-21(27)26(23(18)29)17-8-5-15(14-24)6-9-17/h4-10,12,18H,1,11,13H2,2-3H3. The lowest BCUT2D eigenvalue weighted by Crippen LogP contribution is -2.45. The van der Waals surface area contributed by atoms with Crippen molar-refractivity contribution < 1.29 is 23.9 Å². The number of nitriles is 1. The predicted molar refractivity (Wildman–Crippen MR) is 113 cm³/mol. The molecule has 1 saturated heterocycles. The van der Waals surface area contributed by atoms with Gasteiger partial charge in [-0.15, -0.1) is 6.58 Å². The highest BCUT2D eigenvalue weighted by atomic mass is 16.5. The van der Waals surface area contributed by atoms with Crippen molar-refractivity contribution in [1.82, 2.24) is 4.90 Å². The molecule has 0 bridgehead atoms. The van der Waals surface area contributed by atoms with Gasteiger partial charge < -0.3 is 14.4 Å². The van der Waals surface area contributed by atoms with Crippen LogP contribution in [0.4, 0.5) is 5.69 Å².